The molecule has 0 saturated carbocycles. The minimum Gasteiger partial charge on any atom is -0.464 e. The molecule has 53 heavy (non-hydrogen) atoms. The Kier molecular flexibility index (Phi) is 13.0. The number of hydrogen-bond acceptors (Lipinski definition) is 7. The molecule has 1 saturated heterocycles. The molecule has 9 nitrogen and oxygen atoms in total. The number of hydrogen-bond donors (Lipinski definition) is 2. The number of carbonyl (C=O) groups excluding carboxylic acids is 2. The average Bonchev–Trinajstić information content (AvgIpc) is 3.68. The number of rotatable bonds is 13. The summed E-state index contributed by atoms with van der Waals surface area (Å²) in [4.78, 5) is 39.0. The molecule has 5 rings (SSSR count). The van der Waals surface area contributed by atoms with Gasteiger partial charge >= 0.3 is 5.97 Å². The molecule has 0 unspecified atom stereocenters. The van der Waals surface area contributed by atoms with Crippen molar-refractivity contribution in [1.29, 1.82) is 0 Å². The molecule has 1 amide bonds. The van der Waals surface area contributed by atoms with Gasteiger partial charge in [0.25, 0.3) is 0 Å². The Morgan fingerprint density at radius 3 is 2.28 bits per heavy atom. The third-order valence-corrected chi connectivity index (χ3v) is 14.9. The van der Waals surface area contributed by atoms with Crippen LogP contribution in [0.3, 0.4) is 0 Å². The Morgan fingerprint density at radius 2 is 1.64 bits per heavy atom. The van der Waals surface area contributed by atoms with Crippen molar-refractivity contribution in [2.24, 2.45) is 5.92 Å². The lowest BCUT2D eigenvalue weighted by molar-refractivity contribution is -0.190. The van der Waals surface area contributed by atoms with Gasteiger partial charge in [0.2, 0.25) is 5.91 Å². The van der Waals surface area contributed by atoms with E-state index in [0.29, 0.717) is 19.5 Å². The van der Waals surface area contributed by atoms with E-state index in [-0.39, 0.29) is 36.2 Å². The van der Waals surface area contributed by atoms with Crippen molar-refractivity contribution in [3.8, 4) is 11.8 Å². The maximum Gasteiger partial charge on any atom is 0.320 e. The molecule has 4 atom stereocenters. The second-order valence-corrected chi connectivity index (χ2v) is 20.7. The van der Waals surface area contributed by atoms with Crippen molar-refractivity contribution >= 4 is 31.1 Å². The monoisotopic (exact) mass is 736 g/mol. The molecule has 10 heteroatoms. The first-order valence-electron chi connectivity index (χ1n) is 18.5. The van der Waals surface area contributed by atoms with Crippen LogP contribution < -0.4 is 5.32 Å². The van der Waals surface area contributed by atoms with Crippen LogP contribution in [0.1, 0.15) is 55.5 Å². The summed E-state index contributed by atoms with van der Waals surface area (Å²) in [7, 11) is 1.42. The molecular formula is C43H56N4O5Si. The number of fused-ring (bicyclic) bond motifs is 1. The average molecular weight is 737 g/mol. The van der Waals surface area contributed by atoms with Gasteiger partial charge in [0.1, 0.15) is 12.1 Å². The first-order chi connectivity index (χ1) is 25.1. The van der Waals surface area contributed by atoms with Crippen molar-refractivity contribution in [3.05, 3.63) is 107 Å². The number of H-pyrrole nitrogens is 1. The number of aromatic nitrogens is 1. The van der Waals surface area contributed by atoms with Gasteiger partial charge < -0.3 is 19.5 Å². The smallest absolute Gasteiger partial charge is 0.320 e. The minimum absolute atomic E-state index is 0.0209. The topological polar surface area (TPSA) is 96.1 Å². The van der Waals surface area contributed by atoms with Crippen LogP contribution in [0.25, 0.3) is 10.9 Å². The van der Waals surface area contributed by atoms with Crippen LogP contribution in [0.15, 0.2) is 79.0 Å². The second kappa shape index (κ2) is 17.3. The molecule has 0 spiro atoms. The van der Waals surface area contributed by atoms with Gasteiger partial charge in [0.05, 0.1) is 31.7 Å². The number of esters is 1. The van der Waals surface area contributed by atoms with Crippen LogP contribution in [-0.4, -0.2) is 87.2 Å². The number of nitrogens with one attached hydrogen (secondary N) is 2. The molecule has 0 aliphatic carbocycles. The number of benzene rings is 3. The maximum absolute atomic E-state index is 14.3. The van der Waals surface area contributed by atoms with Crippen molar-refractivity contribution in [2.45, 2.75) is 84.0 Å². The van der Waals surface area contributed by atoms with E-state index in [1.807, 2.05) is 81.8 Å². The zero-order valence-corrected chi connectivity index (χ0v) is 33.8. The lowest BCUT2D eigenvalue weighted by Crippen LogP contribution is -2.50. The molecule has 1 aromatic heterocycles. The van der Waals surface area contributed by atoms with Crippen molar-refractivity contribution < 1.29 is 23.6 Å². The number of para-hydroxylation sites is 1. The number of likely N-dealkylation sites (N-methyl/N-ethyl adjacent to an activating group) is 1. The van der Waals surface area contributed by atoms with Crippen LogP contribution in [0.4, 0.5) is 0 Å². The SMILES string of the molecule is Cc1ccc(C#Cc2ccc(CN3O[C@@H]([C@H](C)O[Si](C)(C)C(C)(C)C)[C@@H](COC(=O)CN(C)C)[C@H]3C(=O)NCCc3c[nH]c4ccccc34)cc2)cc1. The van der Waals surface area contributed by atoms with Crippen molar-refractivity contribution in [2.75, 3.05) is 33.8 Å². The van der Waals surface area contributed by atoms with Gasteiger partial charge in [0, 0.05) is 34.8 Å². The standard InChI is InChI=1S/C43H56N4O5Si/c1-30-14-16-32(17-15-30)18-19-33-20-22-34(23-21-33)27-47-40(42(49)44-25-24-35-26-45-38-13-11-10-12-36(35)38)37(29-50-39(48)28-46(6)7)41(51-47)31(2)52-53(8,9)43(3,4)5/h10-17,20-23,26,31,37,40-41,45H,24-25,27-29H2,1-9H3,(H,44,49)/t31-,37-,40-,41-/m0/s1. The van der Waals surface area contributed by atoms with Crippen LogP contribution in [0.2, 0.25) is 18.1 Å². The fraction of sp³-hybridized carbons (Fsp3) is 0.442. The molecule has 1 fully saturated rings. The number of carbonyl (C=O) groups is 2. The Hall–Kier alpha value is -4.24. The quantitative estimate of drug-likeness (QED) is 0.0881. The predicted octanol–water partition coefficient (Wildman–Crippen LogP) is 6.85. The lowest BCUT2D eigenvalue weighted by Gasteiger charge is -2.40. The summed E-state index contributed by atoms with van der Waals surface area (Å²) >= 11 is 0. The van der Waals surface area contributed by atoms with Crippen LogP contribution in [-0.2, 0) is 36.6 Å². The summed E-state index contributed by atoms with van der Waals surface area (Å²) in [5, 5.41) is 6.06. The Labute approximate surface area is 316 Å². The van der Waals surface area contributed by atoms with E-state index in [4.69, 9.17) is 14.0 Å². The van der Waals surface area contributed by atoms with Crippen LogP contribution in [0.5, 0.6) is 0 Å². The predicted molar refractivity (Wildman–Crippen MR) is 214 cm³/mol. The number of hydroxylamine groups is 2. The Morgan fingerprint density at radius 1 is 1.00 bits per heavy atom. The summed E-state index contributed by atoms with van der Waals surface area (Å²) in [6.07, 6.45) is 1.77. The number of ether oxygens (including phenoxy) is 1. The zero-order valence-electron chi connectivity index (χ0n) is 32.8. The number of aromatic amines is 1. The second-order valence-electron chi connectivity index (χ2n) is 16.0. The summed E-state index contributed by atoms with van der Waals surface area (Å²) in [6.45, 7) is 16.0. The Bertz CT molecular complexity index is 1900. The number of nitrogens with zero attached hydrogens (tertiary/aromatic N) is 2. The highest BCUT2D eigenvalue weighted by atomic mass is 28.4. The van der Waals surface area contributed by atoms with Crippen molar-refractivity contribution in [3.63, 3.8) is 0 Å². The van der Waals surface area contributed by atoms with E-state index in [1.165, 1.54) is 5.56 Å². The fourth-order valence-electron chi connectivity index (χ4n) is 6.39. The van der Waals surface area contributed by atoms with Gasteiger partial charge in [-0.1, -0.05) is 80.6 Å². The van der Waals surface area contributed by atoms with Gasteiger partial charge in [-0.2, -0.15) is 5.06 Å². The first kappa shape index (κ1) is 40.0. The van der Waals surface area contributed by atoms with Gasteiger partial charge in [-0.25, -0.2) is 0 Å². The van der Waals surface area contributed by atoms with E-state index in [1.54, 1.807) is 9.96 Å². The van der Waals surface area contributed by atoms with E-state index in [0.717, 1.165) is 33.2 Å². The lowest BCUT2D eigenvalue weighted by atomic mass is 9.91. The molecule has 0 radical (unpaired) electrons. The molecule has 1 aliphatic rings. The fourth-order valence-corrected chi connectivity index (χ4v) is 7.81. The first-order valence-corrected chi connectivity index (χ1v) is 21.4. The summed E-state index contributed by atoms with van der Waals surface area (Å²) in [5.41, 5.74) is 6.21. The molecule has 282 valence electrons. The van der Waals surface area contributed by atoms with Gasteiger partial charge in [0.15, 0.2) is 8.32 Å². The Balaban J connectivity index is 1.40. The number of amides is 1. The highest BCUT2D eigenvalue weighted by molar-refractivity contribution is 6.74. The molecular weight excluding hydrogens is 681 g/mol. The molecule has 4 aromatic rings. The van der Waals surface area contributed by atoms with Crippen molar-refractivity contribution in [1.82, 2.24) is 20.3 Å². The van der Waals surface area contributed by atoms with Gasteiger partial charge in [-0.3, -0.25) is 19.3 Å². The molecule has 2 N–H and O–H groups in total. The van der Waals surface area contributed by atoms with E-state index in [2.05, 4.69) is 81.1 Å². The normalized spacial score (nSPS) is 18.5. The molecule has 1 aliphatic heterocycles. The summed E-state index contributed by atoms with van der Waals surface area (Å²) in [6, 6.07) is 23.6. The third kappa shape index (κ3) is 10.5. The molecule has 2 heterocycles. The molecule has 0 bridgehead atoms. The van der Waals surface area contributed by atoms with E-state index < -0.39 is 26.4 Å². The van der Waals surface area contributed by atoms with Gasteiger partial charge in [-0.05, 0) is 94.0 Å². The largest absolute Gasteiger partial charge is 0.464 e. The maximum atomic E-state index is 14.3. The minimum atomic E-state index is -2.22. The number of aryl methyl sites for hydroxylation is 1. The molecule has 3 aromatic carbocycles. The summed E-state index contributed by atoms with van der Waals surface area (Å²) < 4.78 is 12.7. The van der Waals surface area contributed by atoms with Gasteiger partial charge in [-0.15, -0.1) is 0 Å². The van der Waals surface area contributed by atoms with E-state index in [9.17, 15) is 9.59 Å². The third-order valence-electron chi connectivity index (χ3n) is 10.4. The highest BCUT2D eigenvalue weighted by Gasteiger charge is 2.51. The van der Waals surface area contributed by atoms with E-state index >= 15 is 0 Å². The van der Waals surface area contributed by atoms with Crippen LogP contribution >= 0.6 is 0 Å². The highest BCUT2D eigenvalue weighted by Crippen LogP contribution is 2.40. The van der Waals surface area contributed by atoms with Crippen LogP contribution in [0, 0.1) is 24.7 Å². The summed E-state index contributed by atoms with van der Waals surface area (Å²) in [5.74, 6) is 5.47. The zero-order chi connectivity index (χ0) is 38.3.